The van der Waals surface area contributed by atoms with Gasteiger partial charge < -0.3 is 30.0 Å². The van der Waals surface area contributed by atoms with Crippen LogP contribution in [0.15, 0.2) is 77.3 Å². The monoisotopic (exact) mass is 491 g/mol. The summed E-state index contributed by atoms with van der Waals surface area (Å²) in [7, 11) is 3.08. The highest BCUT2D eigenvalue weighted by atomic mass is 19.1. The van der Waals surface area contributed by atoms with E-state index in [4.69, 9.17) is 14.2 Å². The van der Waals surface area contributed by atoms with Gasteiger partial charge in [0.1, 0.15) is 6.10 Å². The van der Waals surface area contributed by atoms with Crippen LogP contribution in [0.4, 0.5) is 14.9 Å². The van der Waals surface area contributed by atoms with Crippen molar-refractivity contribution in [3.8, 4) is 5.75 Å². The maximum atomic E-state index is 14.9. The van der Waals surface area contributed by atoms with Crippen LogP contribution in [-0.4, -0.2) is 49.8 Å². The largest absolute Gasteiger partial charge is 0.493 e. The summed E-state index contributed by atoms with van der Waals surface area (Å²) >= 11 is 0. The van der Waals surface area contributed by atoms with E-state index in [2.05, 4.69) is 27.8 Å². The van der Waals surface area contributed by atoms with Gasteiger partial charge in [0.2, 0.25) is 0 Å². The van der Waals surface area contributed by atoms with E-state index in [0.29, 0.717) is 23.7 Å². The van der Waals surface area contributed by atoms with E-state index in [1.165, 1.54) is 18.2 Å². The third-order valence-electron chi connectivity index (χ3n) is 5.70. The Morgan fingerprint density at radius 1 is 1.22 bits per heavy atom. The highest BCUT2D eigenvalue weighted by molar-refractivity contribution is 6.01. The normalized spacial score (nSPS) is 18.9. The number of anilines is 1. The number of aliphatic hydroxyl groups excluding tert-OH is 1. The molecule has 2 aliphatic rings. The molecule has 2 aromatic carbocycles. The summed E-state index contributed by atoms with van der Waals surface area (Å²) in [4.78, 5) is 16.8. The number of hydrogen-bond acceptors (Lipinski definition) is 6. The SMILES string of the molecule is COC1=CC2=NC=CC(Oc3ccc(NC(=O)NC(CO)Cc4cc#ccc4)cc3F)C2C=C1OC. The Labute approximate surface area is 208 Å². The number of rotatable bonds is 9. The molecule has 0 aromatic heterocycles. The molecule has 0 radical (unpaired) electrons. The van der Waals surface area contributed by atoms with Crippen molar-refractivity contribution in [1.29, 1.82) is 0 Å². The molecular formula is C27H26FN3O5. The molecule has 4 rings (SSSR count). The Hall–Kier alpha value is -4.29. The molecular weight excluding hydrogens is 465 g/mol. The number of allylic oxidation sites excluding steroid dienone is 1. The minimum Gasteiger partial charge on any atom is -0.493 e. The van der Waals surface area contributed by atoms with Crippen molar-refractivity contribution < 1.29 is 28.5 Å². The first-order valence-corrected chi connectivity index (χ1v) is 11.3. The molecule has 1 heterocycles. The van der Waals surface area contributed by atoms with Gasteiger partial charge in [-0.1, -0.05) is 12.1 Å². The fourth-order valence-corrected chi connectivity index (χ4v) is 3.92. The molecule has 9 heteroatoms. The smallest absolute Gasteiger partial charge is 0.319 e. The average Bonchev–Trinajstić information content (AvgIpc) is 2.89. The van der Waals surface area contributed by atoms with Gasteiger partial charge in [0.05, 0.1) is 38.5 Å². The van der Waals surface area contributed by atoms with E-state index < -0.39 is 24.0 Å². The van der Waals surface area contributed by atoms with Crippen LogP contribution < -0.4 is 15.4 Å². The number of nitrogens with zero attached hydrogens (tertiary/aromatic N) is 1. The molecule has 3 atom stereocenters. The van der Waals surface area contributed by atoms with Gasteiger partial charge in [0.25, 0.3) is 0 Å². The number of carbonyl (C=O) groups excluding carboxylic acids is 1. The Bertz CT molecular complexity index is 1210. The predicted octanol–water partition coefficient (Wildman–Crippen LogP) is 3.56. The summed E-state index contributed by atoms with van der Waals surface area (Å²) in [6.07, 6.45) is 6.82. The summed E-state index contributed by atoms with van der Waals surface area (Å²) < 4.78 is 31.5. The zero-order valence-corrected chi connectivity index (χ0v) is 19.8. The van der Waals surface area contributed by atoms with Crippen LogP contribution >= 0.6 is 0 Å². The highest BCUT2D eigenvalue weighted by Gasteiger charge is 2.32. The maximum absolute atomic E-state index is 14.9. The molecule has 0 fully saturated rings. The van der Waals surface area contributed by atoms with E-state index >= 15 is 0 Å². The Morgan fingerprint density at radius 3 is 2.75 bits per heavy atom. The van der Waals surface area contributed by atoms with Crippen molar-refractivity contribution in [2.24, 2.45) is 10.9 Å². The van der Waals surface area contributed by atoms with Gasteiger partial charge in [-0.25, -0.2) is 9.18 Å². The second-order valence-corrected chi connectivity index (χ2v) is 8.12. The molecule has 3 N–H and O–H groups in total. The van der Waals surface area contributed by atoms with Crippen molar-refractivity contribution in [2.75, 3.05) is 26.1 Å². The number of benzene rings is 1. The number of carbonyl (C=O) groups is 1. The standard InChI is InChI=1S/C27H26FN3O5/c1-34-25-14-20-22(15-26(25)35-2)29-11-10-23(20)36-24-9-8-18(13-21(24)28)30-27(33)31-19(16-32)12-17-6-4-3-5-7-17/h4,6-11,13-15,19-20,23,32H,12,16H2,1-2H3,(H2,30,31,33). The van der Waals surface area contributed by atoms with Crippen molar-refractivity contribution in [3.05, 3.63) is 95.9 Å². The molecule has 0 saturated heterocycles. The molecule has 1 aliphatic carbocycles. The van der Waals surface area contributed by atoms with Crippen LogP contribution in [0.2, 0.25) is 0 Å². The van der Waals surface area contributed by atoms with Gasteiger partial charge in [-0.15, -0.1) is 0 Å². The number of halogens is 1. The molecule has 2 amide bonds. The van der Waals surface area contributed by atoms with Crippen molar-refractivity contribution in [2.45, 2.75) is 18.6 Å². The fourth-order valence-electron chi connectivity index (χ4n) is 3.92. The van der Waals surface area contributed by atoms with Crippen molar-refractivity contribution >= 4 is 17.4 Å². The fraction of sp³-hybridized carbons (Fsp3) is 0.259. The first-order chi connectivity index (χ1) is 17.5. The van der Waals surface area contributed by atoms with Crippen molar-refractivity contribution in [3.63, 3.8) is 0 Å². The predicted molar refractivity (Wildman–Crippen MR) is 132 cm³/mol. The number of ether oxygens (including phenoxy) is 3. The lowest BCUT2D eigenvalue weighted by Crippen LogP contribution is -2.41. The number of methoxy groups -OCH3 is 2. The van der Waals surface area contributed by atoms with Crippen molar-refractivity contribution in [1.82, 2.24) is 5.32 Å². The Balaban J connectivity index is 1.38. The molecule has 3 unspecified atom stereocenters. The van der Waals surface area contributed by atoms with Gasteiger partial charge >= 0.3 is 6.03 Å². The zero-order valence-electron chi connectivity index (χ0n) is 19.8. The van der Waals surface area contributed by atoms with Gasteiger partial charge in [-0.3, -0.25) is 4.99 Å². The summed E-state index contributed by atoms with van der Waals surface area (Å²) in [6, 6.07) is 14.0. The third-order valence-corrected chi connectivity index (χ3v) is 5.70. The second kappa shape index (κ2) is 11.4. The van der Waals surface area contributed by atoms with E-state index in [9.17, 15) is 14.3 Å². The topological polar surface area (TPSA) is 101 Å². The first kappa shape index (κ1) is 24.8. The van der Waals surface area contributed by atoms with E-state index in [0.717, 1.165) is 5.56 Å². The summed E-state index contributed by atoms with van der Waals surface area (Å²) in [6.45, 7) is -0.255. The molecule has 0 spiro atoms. The lowest BCUT2D eigenvalue weighted by molar-refractivity contribution is 0.197. The zero-order chi connectivity index (χ0) is 25.5. The second-order valence-electron chi connectivity index (χ2n) is 8.12. The summed E-state index contributed by atoms with van der Waals surface area (Å²) in [5, 5.41) is 14.9. The van der Waals surface area contributed by atoms with Crippen LogP contribution in [0.3, 0.4) is 0 Å². The molecule has 1 aliphatic heterocycles. The Morgan fingerprint density at radius 2 is 2.06 bits per heavy atom. The van der Waals surface area contributed by atoms with Crippen LogP contribution in [0.5, 0.6) is 5.75 Å². The lowest BCUT2D eigenvalue weighted by Gasteiger charge is -2.29. The lowest BCUT2D eigenvalue weighted by atomic mass is 9.89. The Kier molecular flexibility index (Phi) is 7.88. The van der Waals surface area contributed by atoms with Gasteiger partial charge in [-0.05, 0) is 54.5 Å². The number of aliphatic hydroxyl groups is 1. The maximum Gasteiger partial charge on any atom is 0.319 e. The number of fused-ring (bicyclic) bond motifs is 1. The summed E-state index contributed by atoms with van der Waals surface area (Å²) in [5.74, 6) is 0.185. The van der Waals surface area contributed by atoms with Gasteiger partial charge in [0, 0.05) is 24.0 Å². The molecule has 8 nitrogen and oxygen atoms in total. The number of hydrogen-bond donors (Lipinski definition) is 3. The van der Waals surface area contributed by atoms with Gasteiger partial charge in [-0.2, -0.15) is 0 Å². The minimum atomic E-state index is -0.639. The van der Waals surface area contributed by atoms with Gasteiger partial charge in [0.15, 0.2) is 23.1 Å². The molecule has 186 valence electrons. The average molecular weight is 492 g/mol. The highest BCUT2D eigenvalue weighted by Crippen LogP contribution is 2.31. The summed E-state index contributed by atoms with van der Waals surface area (Å²) in [5.41, 5.74) is 1.84. The van der Waals surface area contributed by atoms with E-state index in [1.54, 1.807) is 44.7 Å². The number of amides is 2. The minimum absolute atomic E-state index is 0.0242. The first-order valence-electron chi connectivity index (χ1n) is 11.3. The molecule has 2 aromatic rings. The van der Waals surface area contributed by atoms with Crippen LogP contribution in [-0.2, 0) is 15.9 Å². The molecule has 0 bridgehead atoms. The quantitative estimate of drug-likeness (QED) is 0.498. The van der Waals surface area contributed by atoms with Crippen LogP contribution in [0, 0.1) is 23.9 Å². The van der Waals surface area contributed by atoms with E-state index in [-0.39, 0.29) is 24.0 Å². The van der Waals surface area contributed by atoms with Crippen LogP contribution in [0.25, 0.3) is 0 Å². The molecule has 36 heavy (non-hydrogen) atoms. The van der Waals surface area contributed by atoms with E-state index in [1.807, 2.05) is 12.1 Å². The number of urea groups is 1. The molecule has 0 saturated carbocycles. The third kappa shape index (κ3) is 5.85. The number of aliphatic imine (C=N–C) groups is 1. The van der Waals surface area contributed by atoms with Crippen LogP contribution in [0.1, 0.15) is 5.56 Å². The number of nitrogens with one attached hydrogen (secondary N) is 2.